The number of hydrogen-bond donors (Lipinski definition) is 2. The Hall–Kier alpha value is -2.58. The summed E-state index contributed by atoms with van der Waals surface area (Å²) in [7, 11) is 0. The normalized spacial score (nSPS) is 20.8. The van der Waals surface area contributed by atoms with Crippen LogP contribution in [0.2, 0.25) is 0 Å². The van der Waals surface area contributed by atoms with Crippen LogP contribution in [0.15, 0.2) is 22.6 Å². The molecule has 2 aromatic rings. The van der Waals surface area contributed by atoms with Gasteiger partial charge in [0.2, 0.25) is 0 Å². The lowest BCUT2D eigenvalue weighted by molar-refractivity contribution is -0.184. The van der Waals surface area contributed by atoms with Crippen LogP contribution in [0.3, 0.4) is 0 Å². The average Bonchev–Trinajstić information content (AvgIpc) is 2.93. The summed E-state index contributed by atoms with van der Waals surface area (Å²) in [5.74, 6) is -2.86. The van der Waals surface area contributed by atoms with Crippen molar-refractivity contribution in [3.8, 4) is 0 Å². The Morgan fingerprint density at radius 2 is 2.00 bits per heavy atom. The Balaban J connectivity index is 1.59. The third-order valence-electron chi connectivity index (χ3n) is 4.43. The molecule has 1 saturated carbocycles. The van der Waals surface area contributed by atoms with Crippen molar-refractivity contribution < 1.29 is 27.2 Å². The van der Waals surface area contributed by atoms with Gasteiger partial charge in [-0.3, -0.25) is 9.59 Å². The second-order valence-corrected chi connectivity index (χ2v) is 6.45. The van der Waals surface area contributed by atoms with Gasteiger partial charge in [0.15, 0.2) is 11.5 Å². The van der Waals surface area contributed by atoms with Crippen molar-refractivity contribution in [1.29, 1.82) is 0 Å². The van der Waals surface area contributed by atoms with Crippen molar-refractivity contribution in [3.05, 3.63) is 24.1 Å². The van der Waals surface area contributed by atoms with Crippen LogP contribution >= 0.6 is 0 Å². The van der Waals surface area contributed by atoms with Gasteiger partial charge in [0.05, 0.1) is 5.92 Å². The molecule has 0 aliphatic heterocycles. The fourth-order valence-electron chi connectivity index (χ4n) is 3.17. The molecule has 0 spiro atoms. The molecule has 1 aliphatic rings. The van der Waals surface area contributed by atoms with E-state index in [9.17, 15) is 22.8 Å². The van der Waals surface area contributed by atoms with E-state index in [2.05, 4.69) is 15.6 Å². The second kappa shape index (κ2) is 6.97. The first-order chi connectivity index (χ1) is 12.2. The molecular weight excluding hydrogens is 351 g/mol. The molecule has 2 N–H and O–H groups in total. The molecule has 3 rings (SSSR count). The molecule has 1 aromatic carbocycles. The maximum absolute atomic E-state index is 12.8. The number of carbonyl (C=O) groups excluding carboxylic acids is 2. The van der Waals surface area contributed by atoms with E-state index < -0.39 is 30.0 Å². The van der Waals surface area contributed by atoms with Gasteiger partial charge in [-0.15, -0.1) is 0 Å². The predicted octanol–water partition coefficient (Wildman–Crippen LogP) is 3.31. The number of benzene rings is 1. The summed E-state index contributed by atoms with van der Waals surface area (Å²) in [5, 5.41) is 4.81. The minimum absolute atomic E-state index is 0.0542. The fraction of sp³-hybridized carbons (Fsp3) is 0.471. The van der Waals surface area contributed by atoms with Gasteiger partial charge in [-0.2, -0.15) is 13.2 Å². The molecule has 9 heteroatoms. The highest BCUT2D eigenvalue weighted by Gasteiger charge is 2.42. The largest absolute Gasteiger partial charge is 0.441 e. The Morgan fingerprint density at radius 3 is 2.73 bits per heavy atom. The van der Waals surface area contributed by atoms with E-state index in [0.29, 0.717) is 35.5 Å². The first-order valence-electron chi connectivity index (χ1n) is 8.28. The van der Waals surface area contributed by atoms with Gasteiger partial charge in [-0.05, 0) is 31.4 Å². The Bertz CT molecular complexity index is 832. The van der Waals surface area contributed by atoms with Crippen LogP contribution in [-0.2, 0) is 9.59 Å². The number of fused-ring (bicyclic) bond motifs is 1. The van der Waals surface area contributed by atoms with Crippen molar-refractivity contribution in [1.82, 2.24) is 10.3 Å². The molecule has 1 aromatic heterocycles. The van der Waals surface area contributed by atoms with Crippen molar-refractivity contribution >= 4 is 28.6 Å². The van der Waals surface area contributed by atoms with Crippen LogP contribution in [0, 0.1) is 12.8 Å². The SMILES string of the molecule is Cc1nc2ccc(NC(=O)C(=O)N[C@@H]3CCC[C@H](C(F)(F)F)C3)cc2o1. The Kier molecular flexibility index (Phi) is 4.88. The number of carbonyl (C=O) groups is 2. The van der Waals surface area contributed by atoms with Crippen LogP contribution in [0.25, 0.3) is 11.1 Å². The lowest BCUT2D eigenvalue weighted by Gasteiger charge is -2.30. The number of alkyl halides is 3. The third-order valence-corrected chi connectivity index (χ3v) is 4.43. The molecule has 2 atom stereocenters. The molecular formula is C17H18F3N3O3. The smallest absolute Gasteiger partial charge is 0.391 e. The zero-order valence-corrected chi connectivity index (χ0v) is 14.0. The van der Waals surface area contributed by atoms with E-state index in [1.165, 1.54) is 6.07 Å². The fourth-order valence-corrected chi connectivity index (χ4v) is 3.17. The number of halogens is 3. The van der Waals surface area contributed by atoms with Crippen LogP contribution in [0.1, 0.15) is 31.6 Å². The molecule has 1 fully saturated rings. The van der Waals surface area contributed by atoms with E-state index in [-0.39, 0.29) is 12.8 Å². The number of amides is 2. The third kappa shape index (κ3) is 4.14. The van der Waals surface area contributed by atoms with Gasteiger partial charge >= 0.3 is 18.0 Å². The first-order valence-corrected chi connectivity index (χ1v) is 8.28. The van der Waals surface area contributed by atoms with Crippen LogP contribution in [-0.4, -0.2) is 29.0 Å². The molecule has 0 unspecified atom stereocenters. The van der Waals surface area contributed by atoms with E-state index in [1.807, 2.05) is 0 Å². The topological polar surface area (TPSA) is 84.2 Å². The summed E-state index contributed by atoms with van der Waals surface area (Å²) in [5.41, 5.74) is 1.41. The lowest BCUT2D eigenvalue weighted by atomic mass is 9.85. The molecule has 0 bridgehead atoms. The zero-order valence-electron chi connectivity index (χ0n) is 14.0. The molecule has 140 valence electrons. The highest BCUT2D eigenvalue weighted by atomic mass is 19.4. The quantitative estimate of drug-likeness (QED) is 0.796. The number of aryl methyl sites for hydroxylation is 1. The van der Waals surface area contributed by atoms with Gasteiger partial charge in [-0.25, -0.2) is 4.98 Å². The summed E-state index contributed by atoms with van der Waals surface area (Å²) in [4.78, 5) is 28.1. The first kappa shape index (κ1) is 18.2. The van der Waals surface area contributed by atoms with Crippen molar-refractivity contribution in [2.75, 3.05) is 5.32 Å². The Morgan fingerprint density at radius 1 is 1.23 bits per heavy atom. The second-order valence-electron chi connectivity index (χ2n) is 6.45. The molecule has 2 amide bonds. The zero-order chi connectivity index (χ0) is 18.9. The highest BCUT2D eigenvalue weighted by Crippen LogP contribution is 2.37. The van der Waals surface area contributed by atoms with Crippen LogP contribution in [0.4, 0.5) is 18.9 Å². The van der Waals surface area contributed by atoms with Gasteiger partial charge in [0.25, 0.3) is 0 Å². The summed E-state index contributed by atoms with van der Waals surface area (Å²) in [6.45, 7) is 1.68. The predicted molar refractivity (Wildman–Crippen MR) is 87.3 cm³/mol. The maximum Gasteiger partial charge on any atom is 0.391 e. The number of anilines is 1. The van der Waals surface area contributed by atoms with Crippen molar-refractivity contribution in [2.24, 2.45) is 5.92 Å². The van der Waals surface area contributed by atoms with Crippen LogP contribution < -0.4 is 10.6 Å². The van der Waals surface area contributed by atoms with Crippen LogP contribution in [0.5, 0.6) is 0 Å². The van der Waals surface area contributed by atoms with E-state index >= 15 is 0 Å². The average molecular weight is 369 g/mol. The van der Waals surface area contributed by atoms with E-state index in [1.54, 1.807) is 19.1 Å². The van der Waals surface area contributed by atoms with Crippen molar-refractivity contribution in [2.45, 2.75) is 44.8 Å². The number of hydrogen-bond acceptors (Lipinski definition) is 4. The number of aromatic nitrogens is 1. The number of oxazole rings is 1. The molecule has 6 nitrogen and oxygen atoms in total. The lowest BCUT2D eigenvalue weighted by Crippen LogP contribution is -2.45. The van der Waals surface area contributed by atoms with Gasteiger partial charge in [0.1, 0.15) is 5.52 Å². The monoisotopic (exact) mass is 369 g/mol. The number of nitrogens with one attached hydrogen (secondary N) is 2. The summed E-state index contributed by atoms with van der Waals surface area (Å²) >= 11 is 0. The minimum atomic E-state index is -4.28. The van der Waals surface area contributed by atoms with Gasteiger partial charge < -0.3 is 15.1 Å². The minimum Gasteiger partial charge on any atom is -0.441 e. The number of nitrogens with zero attached hydrogens (tertiary/aromatic N) is 1. The van der Waals surface area contributed by atoms with Gasteiger partial charge in [-0.1, -0.05) is 6.42 Å². The summed E-state index contributed by atoms with van der Waals surface area (Å²) in [6, 6.07) is 4.07. The molecule has 1 heterocycles. The molecule has 0 saturated heterocycles. The standard InChI is InChI=1S/C17H18F3N3O3/c1-9-21-13-6-5-12(8-14(13)26-9)23-16(25)15(24)22-11-4-2-3-10(7-11)17(18,19)20/h5-6,8,10-11H,2-4,7H2,1H3,(H,22,24)(H,23,25)/t10-,11+/m0/s1. The van der Waals surface area contributed by atoms with E-state index in [0.717, 1.165) is 0 Å². The molecule has 1 aliphatic carbocycles. The van der Waals surface area contributed by atoms with Gasteiger partial charge in [0, 0.05) is 24.7 Å². The summed E-state index contributed by atoms with van der Waals surface area (Å²) < 4.78 is 43.8. The van der Waals surface area contributed by atoms with E-state index in [4.69, 9.17) is 4.42 Å². The molecule has 0 radical (unpaired) electrons. The highest BCUT2D eigenvalue weighted by molar-refractivity contribution is 6.39. The molecule has 26 heavy (non-hydrogen) atoms. The summed E-state index contributed by atoms with van der Waals surface area (Å²) in [6.07, 6.45) is -3.64. The maximum atomic E-state index is 12.8. The Labute approximate surface area is 147 Å². The number of rotatable bonds is 2. The van der Waals surface area contributed by atoms with Crippen molar-refractivity contribution in [3.63, 3.8) is 0 Å².